The van der Waals surface area contributed by atoms with Crippen LogP contribution in [0.3, 0.4) is 0 Å². The summed E-state index contributed by atoms with van der Waals surface area (Å²) in [5.41, 5.74) is 1.69. The second-order valence-corrected chi connectivity index (χ2v) is 8.51. The molecule has 0 aliphatic carbocycles. The molecule has 32 heavy (non-hydrogen) atoms. The number of hydrogen-bond donors (Lipinski definition) is 1. The molecule has 0 bridgehead atoms. The summed E-state index contributed by atoms with van der Waals surface area (Å²) in [4.78, 5) is 26.7. The average Bonchev–Trinajstić information content (AvgIpc) is 3.07. The van der Waals surface area contributed by atoms with Gasteiger partial charge in [0.05, 0.1) is 0 Å². The van der Waals surface area contributed by atoms with E-state index >= 15 is 0 Å². The first-order chi connectivity index (χ1) is 15.5. The molecule has 1 heterocycles. The topological polar surface area (TPSA) is 55.4 Å². The molecule has 4 aromatic rings. The van der Waals surface area contributed by atoms with Gasteiger partial charge in [0.1, 0.15) is 5.75 Å². The average molecular weight is 442 g/mol. The molecule has 0 fully saturated rings. The molecule has 5 rings (SSSR count). The van der Waals surface area contributed by atoms with Gasteiger partial charge in [-0.3, -0.25) is 4.79 Å². The minimum absolute atomic E-state index is 0.238. The highest BCUT2D eigenvalue weighted by Gasteiger charge is 2.51. The summed E-state index contributed by atoms with van der Waals surface area (Å²) in [6, 6.07) is 26.0. The Bertz CT molecular complexity index is 1350. The van der Waals surface area contributed by atoms with Gasteiger partial charge in [-0.1, -0.05) is 71.8 Å². The predicted octanol–water partition coefficient (Wildman–Crippen LogP) is 5.59. The Kier molecular flexibility index (Phi) is 4.95. The lowest BCUT2D eigenvalue weighted by atomic mass is 9.82. The molecule has 0 saturated heterocycles. The van der Waals surface area contributed by atoms with Gasteiger partial charge in [0, 0.05) is 22.6 Å². The fraction of sp³-hybridized carbons (Fsp3) is 0.111. The van der Waals surface area contributed by atoms with E-state index in [1.165, 1.54) is 0 Å². The number of carbonyl (C=O) groups excluding carboxylic acids is 2. The van der Waals surface area contributed by atoms with Crippen LogP contribution in [0.25, 0.3) is 10.8 Å². The van der Waals surface area contributed by atoms with Gasteiger partial charge < -0.3 is 10.1 Å². The number of esters is 1. The van der Waals surface area contributed by atoms with Crippen molar-refractivity contribution >= 4 is 34.2 Å². The zero-order valence-corrected chi connectivity index (χ0v) is 18.1. The molecule has 1 N–H and O–H groups in total. The van der Waals surface area contributed by atoms with Crippen molar-refractivity contribution in [2.45, 2.75) is 18.9 Å². The minimum atomic E-state index is -1.37. The zero-order chi connectivity index (χ0) is 22.3. The maximum atomic E-state index is 13.4. The molecule has 4 aromatic carbocycles. The first kappa shape index (κ1) is 20.3. The van der Waals surface area contributed by atoms with Crippen molar-refractivity contribution < 1.29 is 14.3 Å². The van der Waals surface area contributed by atoms with Gasteiger partial charge in [-0.2, -0.15) is 0 Å². The molecule has 0 aromatic heterocycles. The molecule has 4 nitrogen and oxygen atoms in total. The number of nitrogens with one attached hydrogen (secondary N) is 1. The van der Waals surface area contributed by atoms with Crippen LogP contribution in [-0.4, -0.2) is 11.9 Å². The fourth-order valence-electron chi connectivity index (χ4n) is 4.26. The molecular weight excluding hydrogens is 422 g/mol. The predicted molar refractivity (Wildman–Crippen MR) is 125 cm³/mol. The largest absolute Gasteiger partial charge is 0.424 e. The van der Waals surface area contributed by atoms with E-state index in [0.29, 0.717) is 21.9 Å². The first-order valence-corrected chi connectivity index (χ1v) is 10.7. The van der Waals surface area contributed by atoms with Gasteiger partial charge in [0.15, 0.2) is 5.54 Å². The van der Waals surface area contributed by atoms with Crippen LogP contribution in [0, 0.1) is 6.92 Å². The van der Waals surface area contributed by atoms with Crippen molar-refractivity contribution in [3.63, 3.8) is 0 Å². The Morgan fingerprint density at radius 1 is 0.938 bits per heavy atom. The summed E-state index contributed by atoms with van der Waals surface area (Å²) in [5, 5.41) is 5.48. The second-order valence-electron chi connectivity index (χ2n) is 8.08. The Hall–Kier alpha value is -3.63. The third-order valence-electron chi connectivity index (χ3n) is 5.89. The second kappa shape index (κ2) is 7.81. The number of fused-ring (bicyclic) bond motifs is 3. The number of benzene rings is 4. The lowest BCUT2D eigenvalue weighted by Crippen LogP contribution is -2.52. The molecule has 1 atom stereocenters. The van der Waals surface area contributed by atoms with Crippen molar-refractivity contribution in [3.8, 4) is 5.75 Å². The molecule has 1 unspecified atom stereocenters. The molecule has 0 spiro atoms. The van der Waals surface area contributed by atoms with Crippen LogP contribution in [-0.2, 0) is 16.8 Å². The van der Waals surface area contributed by atoms with Crippen LogP contribution < -0.4 is 10.1 Å². The standard InChI is InChI=1S/C27H20ClNO3/c1-17-6-10-20(11-7-17)25(30)29-27(16-18-8-13-21(28)14-9-18)24-22-5-3-2-4-19(22)12-15-23(24)32-26(27)31/h2-15H,16H2,1H3,(H,29,30). The number of hydrogen-bond acceptors (Lipinski definition) is 3. The molecule has 0 saturated carbocycles. The maximum Gasteiger partial charge on any atom is 0.342 e. The summed E-state index contributed by atoms with van der Waals surface area (Å²) in [7, 11) is 0. The van der Waals surface area contributed by atoms with Gasteiger partial charge in [0.25, 0.3) is 5.91 Å². The quantitative estimate of drug-likeness (QED) is 0.332. The molecular formula is C27H20ClNO3. The molecule has 1 aliphatic heterocycles. The summed E-state index contributed by atoms with van der Waals surface area (Å²) in [6.45, 7) is 1.96. The SMILES string of the molecule is Cc1ccc(C(=O)NC2(Cc3ccc(Cl)cc3)C(=O)Oc3ccc4ccccc4c32)cc1. The van der Waals surface area contributed by atoms with E-state index in [0.717, 1.165) is 21.9 Å². The number of rotatable bonds is 4. The highest BCUT2D eigenvalue weighted by molar-refractivity contribution is 6.30. The molecule has 0 radical (unpaired) electrons. The summed E-state index contributed by atoms with van der Waals surface area (Å²) < 4.78 is 5.70. The molecule has 5 heteroatoms. The van der Waals surface area contributed by atoms with Gasteiger partial charge in [-0.15, -0.1) is 0 Å². The molecule has 1 aliphatic rings. The van der Waals surface area contributed by atoms with Crippen LogP contribution in [0.2, 0.25) is 5.02 Å². The fourth-order valence-corrected chi connectivity index (χ4v) is 4.39. The van der Waals surface area contributed by atoms with Crippen LogP contribution >= 0.6 is 11.6 Å². The van der Waals surface area contributed by atoms with E-state index in [1.807, 2.05) is 61.5 Å². The zero-order valence-electron chi connectivity index (χ0n) is 17.4. The van der Waals surface area contributed by atoms with Gasteiger partial charge in [-0.25, -0.2) is 4.79 Å². The van der Waals surface area contributed by atoms with Crippen molar-refractivity contribution in [1.82, 2.24) is 5.32 Å². The van der Waals surface area contributed by atoms with Gasteiger partial charge in [-0.05, 0) is 53.6 Å². The van der Waals surface area contributed by atoms with Crippen molar-refractivity contribution in [2.75, 3.05) is 0 Å². The van der Waals surface area contributed by atoms with E-state index in [4.69, 9.17) is 16.3 Å². The third kappa shape index (κ3) is 3.43. The van der Waals surface area contributed by atoms with E-state index in [1.54, 1.807) is 30.3 Å². The van der Waals surface area contributed by atoms with Crippen LogP contribution in [0.15, 0.2) is 84.9 Å². The Balaban J connectivity index is 1.68. The highest BCUT2D eigenvalue weighted by Crippen LogP contribution is 2.44. The number of halogens is 1. The van der Waals surface area contributed by atoms with Gasteiger partial charge in [0.2, 0.25) is 0 Å². The lowest BCUT2D eigenvalue weighted by Gasteiger charge is -2.28. The van der Waals surface area contributed by atoms with E-state index in [9.17, 15) is 9.59 Å². The maximum absolute atomic E-state index is 13.4. The van der Waals surface area contributed by atoms with E-state index < -0.39 is 11.5 Å². The molecule has 158 valence electrons. The minimum Gasteiger partial charge on any atom is -0.424 e. The normalized spacial score (nSPS) is 17.1. The van der Waals surface area contributed by atoms with Crippen molar-refractivity contribution in [1.29, 1.82) is 0 Å². The number of carbonyl (C=O) groups is 2. The Morgan fingerprint density at radius 3 is 2.41 bits per heavy atom. The summed E-state index contributed by atoms with van der Waals surface area (Å²) >= 11 is 6.07. The Labute approximate surface area is 190 Å². The molecule has 1 amide bonds. The van der Waals surface area contributed by atoms with Crippen molar-refractivity contribution in [3.05, 3.63) is 112 Å². The van der Waals surface area contributed by atoms with Crippen LogP contribution in [0.4, 0.5) is 0 Å². The van der Waals surface area contributed by atoms with E-state index in [-0.39, 0.29) is 12.3 Å². The smallest absolute Gasteiger partial charge is 0.342 e. The Morgan fingerprint density at radius 2 is 1.66 bits per heavy atom. The monoisotopic (exact) mass is 441 g/mol. The van der Waals surface area contributed by atoms with Crippen LogP contribution in [0.1, 0.15) is 27.0 Å². The lowest BCUT2D eigenvalue weighted by molar-refractivity contribution is -0.139. The van der Waals surface area contributed by atoms with Crippen molar-refractivity contribution in [2.24, 2.45) is 0 Å². The number of amides is 1. The highest BCUT2D eigenvalue weighted by atomic mass is 35.5. The number of ether oxygens (including phenoxy) is 1. The van der Waals surface area contributed by atoms with Gasteiger partial charge >= 0.3 is 5.97 Å². The third-order valence-corrected chi connectivity index (χ3v) is 6.14. The number of aryl methyl sites for hydroxylation is 1. The summed E-state index contributed by atoms with van der Waals surface area (Å²) in [5.74, 6) is -0.372. The van der Waals surface area contributed by atoms with Crippen LogP contribution in [0.5, 0.6) is 5.75 Å². The van der Waals surface area contributed by atoms with E-state index in [2.05, 4.69) is 5.32 Å². The first-order valence-electron chi connectivity index (χ1n) is 10.3. The summed E-state index contributed by atoms with van der Waals surface area (Å²) in [6.07, 6.45) is 0.238.